The van der Waals surface area contributed by atoms with E-state index in [4.69, 9.17) is 0 Å². The minimum Gasteiger partial charge on any atom is -0.367 e. The second-order valence-electron chi connectivity index (χ2n) is 6.14. The number of piperidine rings is 1. The molecule has 1 aromatic heterocycles. The van der Waals surface area contributed by atoms with Gasteiger partial charge in [0.25, 0.3) is 5.91 Å². The smallest absolute Gasteiger partial charge is 0.253 e. The number of hydrogen-bond donors (Lipinski definition) is 2. The topological polar surface area (TPSA) is 68.4 Å². The van der Waals surface area contributed by atoms with Crippen molar-refractivity contribution >= 4 is 11.8 Å². The molecule has 2 N–H and O–H groups in total. The summed E-state index contributed by atoms with van der Waals surface area (Å²) in [5.41, 5.74) is 1.67. The molecule has 0 aliphatic carbocycles. The van der Waals surface area contributed by atoms with Gasteiger partial charge in [-0.1, -0.05) is 0 Å². The number of carbonyl (C=O) groups is 2. The molecular formula is C17H28N4O2. The molecule has 128 valence electrons. The second kappa shape index (κ2) is 8.15. The molecule has 2 rings (SSSR count). The maximum atomic E-state index is 12.2. The minimum atomic E-state index is -0.0126. The summed E-state index contributed by atoms with van der Waals surface area (Å²) in [6.07, 6.45) is 5.35. The van der Waals surface area contributed by atoms with Gasteiger partial charge in [-0.3, -0.25) is 14.5 Å². The molecule has 2 amide bonds. The average Bonchev–Trinajstić information content (AvgIpc) is 2.96. The molecule has 0 spiro atoms. The minimum absolute atomic E-state index is 0.0126. The Labute approximate surface area is 138 Å². The molecule has 1 aliphatic rings. The lowest BCUT2D eigenvalue weighted by atomic mass is 10.0. The number of rotatable bonds is 6. The van der Waals surface area contributed by atoms with Crippen LogP contribution < -0.4 is 5.32 Å². The van der Waals surface area contributed by atoms with Crippen molar-refractivity contribution in [3.05, 3.63) is 23.5 Å². The largest absolute Gasteiger partial charge is 0.367 e. The lowest BCUT2D eigenvalue weighted by Gasteiger charge is -2.33. The molecule has 1 fully saturated rings. The number of carbonyl (C=O) groups excluding carboxylic acids is 2. The third kappa shape index (κ3) is 4.58. The van der Waals surface area contributed by atoms with Gasteiger partial charge in [0, 0.05) is 44.6 Å². The van der Waals surface area contributed by atoms with Crippen LogP contribution in [-0.4, -0.2) is 65.4 Å². The van der Waals surface area contributed by atoms with Crippen LogP contribution >= 0.6 is 0 Å². The Kier molecular flexibility index (Phi) is 6.21. The molecule has 2 heterocycles. The van der Waals surface area contributed by atoms with Gasteiger partial charge in [0.1, 0.15) is 0 Å². The molecule has 0 bridgehead atoms. The molecule has 1 aromatic rings. The van der Waals surface area contributed by atoms with Gasteiger partial charge >= 0.3 is 0 Å². The van der Waals surface area contributed by atoms with Crippen molar-refractivity contribution in [3.8, 4) is 0 Å². The van der Waals surface area contributed by atoms with Crippen LogP contribution in [0, 0.1) is 6.92 Å². The van der Waals surface area contributed by atoms with Crippen LogP contribution in [0.5, 0.6) is 0 Å². The van der Waals surface area contributed by atoms with Crippen molar-refractivity contribution in [2.75, 3.05) is 32.7 Å². The van der Waals surface area contributed by atoms with Gasteiger partial charge < -0.3 is 15.2 Å². The van der Waals surface area contributed by atoms with Crippen LogP contribution in [-0.2, 0) is 4.79 Å². The Balaban J connectivity index is 1.77. The summed E-state index contributed by atoms with van der Waals surface area (Å²) in [5, 5.41) is 3.10. The Morgan fingerprint density at radius 2 is 1.91 bits per heavy atom. The third-order valence-corrected chi connectivity index (χ3v) is 4.59. The number of nitrogens with one attached hydrogen (secondary N) is 2. The number of H-pyrrole nitrogens is 1. The highest BCUT2D eigenvalue weighted by molar-refractivity contribution is 5.95. The Morgan fingerprint density at radius 1 is 1.26 bits per heavy atom. The molecule has 0 aromatic carbocycles. The third-order valence-electron chi connectivity index (χ3n) is 4.59. The van der Waals surface area contributed by atoms with Crippen LogP contribution in [0.25, 0.3) is 0 Å². The fourth-order valence-electron chi connectivity index (χ4n) is 3.05. The van der Waals surface area contributed by atoms with E-state index in [-0.39, 0.29) is 17.9 Å². The second-order valence-corrected chi connectivity index (χ2v) is 6.14. The van der Waals surface area contributed by atoms with E-state index in [9.17, 15) is 9.59 Å². The summed E-state index contributed by atoms with van der Waals surface area (Å²) in [6.45, 7) is 9.65. The van der Waals surface area contributed by atoms with Crippen molar-refractivity contribution in [1.29, 1.82) is 0 Å². The lowest BCUT2D eigenvalue weighted by Crippen LogP contribution is -2.48. The quantitative estimate of drug-likeness (QED) is 0.832. The molecule has 6 nitrogen and oxygen atoms in total. The van der Waals surface area contributed by atoms with Crippen molar-refractivity contribution < 1.29 is 9.59 Å². The molecule has 1 aliphatic heterocycles. The molecular weight excluding hydrogens is 292 g/mol. The van der Waals surface area contributed by atoms with Crippen LogP contribution in [0.4, 0.5) is 0 Å². The van der Waals surface area contributed by atoms with E-state index in [1.165, 1.54) is 0 Å². The van der Waals surface area contributed by atoms with Gasteiger partial charge in [-0.25, -0.2) is 0 Å². The van der Waals surface area contributed by atoms with E-state index in [1.807, 2.05) is 31.9 Å². The number of amides is 2. The zero-order valence-electron chi connectivity index (χ0n) is 14.4. The number of aromatic nitrogens is 1. The van der Waals surface area contributed by atoms with E-state index in [0.717, 1.165) is 44.6 Å². The van der Waals surface area contributed by atoms with Gasteiger partial charge in [0.2, 0.25) is 5.91 Å². The maximum Gasteiger partial charge on any atom is 0.253 e. The molecule has 0 saturated carbocycles. The van der Waals surface area contributed by atoms with E-state index in [1.54, 1.807) is 6.20 Å². The van der Waals surface area contributed by atoms with Crippen LogP contribution in [0.1, 0.15) is 42.6 Å². The molecule has 0 unspecified atom stereocenters. The van der Waals surface area contributed by atoms with Crippen LogP contribution in [0.3, 0.4) is 0 Å². The Hall–Kier alpha value is -1.82. The molecule has 23 heavy (non-hydrogen) atoms. The van der Waals surface area contributed by atoms with Gasteiger partial charge in [-0.2, -0.15) is 0 Å². The monoisotopic (exact) mass is 320 g/mol. The van der Waals surface area contributed by atoms with Gasteiger partial charge in [-0.15, -0.1) is 0 Å². The Morgan fingerprint density at radius 3 is 2.43 bits per heavy atom. The lowest BCUT2D eigenvalue weighted by molar-refractivity contribution is -0.132. The normalized spacial score (nSPS) is 16.3. The van der Waals surface area contributed by atoms with E-state index in [0.29, 0.717) is 12.1 Å². The van der Waals surface area contributed by atoms with Crippen LogP contribution in [0.15, 0.2) is 12.4 Å². The number of aromatic amines is 1. The summed E-state index contributed by atoms with van der Waals surface area (Å²) in [4.78, 5) is 31.4. The summed E-state index contributed by atoms with van der Waals surface area (Å²) >= 11 is 0. The first kappa shape index (κ1) is 17.5. The number of nitrogens with zero attached hydrogens (tertiary/aromatic N) is 2. The van der Waals surface area contributed by atoms with E-state index >= 15 is 0 Å². The summed E-state index contributed by atoms with van der Waals surface area (Å²) < 4.78 is 0. The van der Waals surface area contributed by atoms with E-state index in [2.05, 4.69) is 15.2 Å². The zero-order chi connectivity index (χ0) is 16.8. The van der Waals surface area contributed by atoms with Crippen molar-refractivity contribution in [2.45, 2.75) is 39.7 Å². The summed E-state index contributed by atoms with van der Waals surface area (Å²) in [6, 6.07) is 0.191. The van der Waals surface area contributed by atoms with Crippen molar-refractivity contribution in [1.82, 2.24) is 20.1 Å². The number of hydrogen-bond acceptors (Lipinski definition) is 3. The number of likely N-dealkylation sites (N-methyl/N-ethyl adjacent to an activating group) is 1. The fourth-order valence-corrected chi connectivity index (χ4v) is 3.05. The van der Waals surface area contributed by atoms with E-state index < -0.39 is 0 Å². The SMILES string of the molecule is CCN(CC)C(=O)CN1CCC(NC(=O)c2c[nH]cc2C)CC1. The molecule has 0 radical (unpaired) electrons. The first-order chi connectivity index (χ1) is 11.0. The summed E-state index contributed by atoms with van der Waals surface area (Å²) in [5.74, 6) is 0.182. The van der Waals surface area contributed by atoms with Gasteiger partial charge in [-0.05, 0) is 39.2 Å². The van der Waals surface area contributed by atoms with Crippen LogP contribution in [0.2, 0.25) is 0 Å². The molecule has 6 heteroatoms. The highest BCUT2D eigenvalue weighted by Gasteiger charge is 2.24. The predicted molar refractivity (Wildman–Crippen MR) is 90.4 cm³/mol. The maximum absolute atomic E-state index is 12.2. The standard InChI is InChI=1S/C17H28N4O2/c1-4-21(5-2)16(22)12-20-8-6-14(7-9-20)19-17(23)15-11-18-10-13(15)3/h10-11,14,18H,4-9,12H2,1-3H3,(H,19,23). The fraction of sp³-hybridized carbons (Fsp3) is 0.647. The number of aryl methyl sites for hydroxylation is 1. The molecule has 1 saturated heterocycles. The molecule has 0 atom stereocenters. The predicted octanol–water partition coefficient (Wildman–Crippen LogP) is 1.39. The average molecular weight is 320 g/mol. The van der Waals surface area contributed by atoms with Crippen molar-refractivity contribution in [2.24, 2.45) is 0 Å². The van der Waals surface area contributed by atoms with Gasteiger partial charge in [0.15, 0.2) is 0 Å². The highest BCUT2D eigenvalue weighted by Crippen LogP contribution is 2.13. The highest BCUT2D eigenvalue weighted by atomic mass is 16.2. The first-order valence-electron chi connectivity index (χ1n) is 8.49. The first-order valence-corrected chi connectivity index (χ1v) is 8.49. The summed E-state index contributed by atoms with van der Waals surface area (Å²) in [7, 11) is 0. The zero-order valence-corrected chi connectivity index (χ0v) is 14.4. The number of likely N-dealkylation sites (tertiary alicyclic amines) is 1. The van der Waals surface area contributed by atoms with Gasteiger partial charge in [0.05, 0.1) is 12.1 Å². The van der Waals surface area contributed by atoms with Crippen molar-refractivity contribution in [3.63, 3.8) is 0 Å². The Bertz CT molecular complexity index is 528.